The number of aliphatic hydroxyl groups excluding tert-OH is 1. The van der Waals surface area contributed by atoms with Crippen molar-refractivity contribution in [1.82, 2.24) is 10.2 Å². The molecule has 0 atom stereocenters. The van der Waals surface area contributed by atoms with Gasteiger partial charge in [-0.15, -0.1) is 0 Å². The minimum Gasteiger partial charge on any atom is -0.395 e. The fourth-order valence-corrected chi connectivity index (χ4v) is 2.57. The molecular formula is C14H28N2O2. The van der Waals surface area contributed by atoms with Crippen LogP contribution in [0.4, 0.5) is 4.79 Å². The van der Waals surface area contributed by atoms with Crippen molar-refractivity contribution in [3.05, 3.63) is 0 Å². The molecule has 0 spiro atoms. The van der Waals surface area contributed by atoms with Crippen molar-refractivity contribution in [2.45, 2.75) is 64.3 Å². The van der Waals surface area contributed by atoms with Gasteiger partial charge in [0.25, 0.3) is 0 Å². The van der Waals surface area contributed by atoms with E-state index in [1.807, 2.05) is 6.92 Å². The average molecular weight is 256 g/mol. The van der Waals surface area contributed by atoms with E-state index < -0.39 is 0 Å². The lowest BCUT2D eigenvalue weighted by molar-refractivity contribution is 0.172. The standard InChI is InChI=1S/C14H28N2O2/c1-2-10-16(11-12-17)14(18)15-13-8-6-4-3-5-7-9-13/h13,17H,2-12H2,1H3,(H,15,18). The summed E-state index contributed by atoms with van der Waals surface area (Å²) in [4.78, 5) is 13.8. The normalized spacial score (nSPS) is 17.9. The lowest BCUT2D eigenvalue weighted by atomic mass is 9.97. The minimum absolute atomic E-state index is 0.00327. The Labute approximate surface area is 111 Å². The Morgan fingerprint density at radius 1 is 1.17 bits per heavy atom. The second kappa shape index (κ2) is 9.20. The number of amides is 2. The van der Waals surface area contributed by atoms with Crippen molar-refractivity contribution in [2.75, 3.05) is 19.7 Å². The number of carbonyl (C=O) groups is 1. The largest absolute Gasteiger partial charge is 0.395 e. The number of hydrogen-bond donors (Lipinski definition) is 2. The van der Waals surface area contributed by atoms with Crippen LogP contribution in [0.5, 0.6) is 0 Å². The van der Waals surface area contributed by atoms with Crippen molar-refractivity contribution >= 4 is 6.03 Å². The van der Waals surface area contributed by atoms with Gasteiger partial charge in [-0.1, -0.05) is 39.0 Å². The van der Waals surface area contributed by atoms with Gasteiger partial charge in [-0.3, -0.25) is 0 Å². The third-order valence-electron chi connectivity index (χ3n) is 3.58. The molecule has 0 radical (unpaired) electrons. The van der Waals surface area contributed by atoms with Crippen LogP contribution in [-0.2, 0) is 0 Å². The summed E-state index contributed by atoms with van der Waals surface area (Å²) in [5, 5.41) is 12.1. The summed E-state index contributed by atoms with van der Waals surface area (Å²) in [7, 11) is 0. The van der Waals surface area contributed by atoms with Crippen LogP contribution in [0.3, 0.4) is 0 Å². The van der Waals surface area contributed by atoms with Crippen LogP contribution < -0.4 is 5.32 Å². The minimum atomic E-state index is -0.00327. The molecule has 1 rings (SSSR count). The van der Waals surface area contributed by atoms with Gasteiger partial charge in [-0.25, -0.2) is 4.79 Å². The van der Waals surface area contributed by atoms with Crippen molar-refractivity contribution < 1.29 is 9.90 Å². The molecule has 2 N–H and O–H groups in total. The first-order chi connectivity index (χ1) is 8.77. The molecule has 0 aromatic heterocycles. The van der Waals surface area contributed by atoms with Crippen LogP contribution in [0.15, 0.2) is 0 Å². The van der Waals surface area contributed by atoms with E-state index in [1.54, 1.807) is 4.90 Å². The molecule has 0 saturated heterocycles. The van der Waals surface area contributed by atoms with E-state index in [0.29, 0.717) is 12.6 Å². The Bertz CT molecular complexity index is 220. The number of rotatable bonds is 5. The Hall–Kier alpha value is -0.770. The molecule has 1 fully saturated rings. The molecule has 4 nitrogen and oxygen atoms in total. The fourth-order valence-electron chi connectivity index (χ4n) is 2.57. The fraction of sp³-hybridized carbons (Fsp3) is 0.929. The lowest BCUT2D eigenvalue weighted by Gasteiger charge is -2.26. The summed E-state index contributed by atoms with van der Waals surface area (Å²) in [6.07, 6.45) is 9.50. The predicted molar refractivity (Wildman–Crippen MR) is 73.6 cm³/mol. The number of hydrogen-bond acceptors (Lipinski definition) is 2. The van der Waals surface area contributed by atoms with E-state index in [1.165, 1.54) is 32.1 Å². The zero-order valence-electron chi connectivity index (χ0n) is 11.7. The molecule has 0 aromatic rings. The zero-order valence-corrected chi connectivity index (χ0v) is 11.7. The predicted octanol–water partition coefficient (Wildman–Crippen LogP) is 2.51. The molecule has 4 heteroatoms. The van der Waals surface area contributed by atoms with Crippen LogP contribution in [0.2, 0.25) is 0 Å². The first-order valence-electron chi connectivity index (χ1n) is 7.44. The Morgan fingerprint density at radius 3 is 2.33 bits per heavy atom. The van der Waals surface area contributed by atoms with Gasteiger partial charge in [0.2, 0.25) is 0 Å². The molecule has 0 heterocycles. The average Bonchev–Trinajstić information content (AvgIpc) is 2.32. The second-order valence-corrected chi connectivity index (χ2v) is 5.20. The highest BCUT2D eigenvalue weighted by Gasteiger charge is 2.17. The molecule has 1 saturated carbocycles. The summed E-state index contributed by atoms with van der Waals surface area (Å²) in [5.74, 6) is 0. The lowest BCUT2D eigenvalue weighted by Crippen LogP contribution is -2.46. The summed E-state index contributed by atoms with van der Waals surface area (Å²) in [6, 6.07) is 0.326. The van der Waals surface area contributed by atoms with Crippen molar-refractivity contribution in [3.8, 4) is 0 Å². The number of nitrogens with zero attached hydrogens (tertiary/aromatic N) is 1. The van der Waals surface area contributed by atoms with E-state index in [2.05, 4.69) is 5.32 Å². The van der Waals surface area contributed by atoms with Crippen LogP contribution in [0.1, 0.15) is 58.3 Å². The Kier molecular flexibility index (Phi) is 7.81. The van der Waals surface area contributed by atoms with Gasteiger partial charge in [-0.2, -0.15) is 0 Å². The topological polar surface area (TPSA) is 52.6 Å². The van der Waals surface area contributed by atoms with E-state index >= 15 is 0 Å². The van der Waals surface area contributed by atoms with Crippen LogP contribution in [0.25, 0.3) is 0 Å². The van der Waals surface area contributed by atoms with E-state index in [0.717, 1.165) is 25.8 Å². The van der Waals surface area contributed by atoms with E-state index in [4.69, 9.17) is 5.11 Å². The van der Waals surface area contributed by atoms with Gasteiger partial charge < -0.3 is 15.3 Å². The van der Waals surface area contributed by atoms with Gasteiger partial charge in [0, 0.05) is 19.1 Å². The van der Waals surface area contributed by atoms with Crippen molar-refractivity contribution in [2.24, 2.45) is 0 Å². The molecule has 1 aliphatic rings. The van der Waals surface area contributed by atoms with E-state index in [9.17, 15) is 4.79 Å². The highest BCUT2D eigenvalue weighted by atomic mass is 16.3. The third-order valence-corrected chi connectivity index (χ3v) is 3.58. The molecule has 2 amide bonds. The van der Waals surface area contributed by atoms with Crippen LogP contribution in [0, 0.1) is 0 Å². The molecule has 18 heavy (non-hydrogen) atoms. The van der Waals surface area contributed by atoms with E-state index in [-0.39, 0.29) is 12.6 Å². The summed E-state index contributed by atoms with van der Waals surface area (Å²) in [6.45, 7) is 3.25. The summed E-state index contributed by atoms with van der Waals surface area (Å²) in [5.41, 5.74) is 0. The zero-order chi connectivity index (χ0) is 13.2. The number of nitrogens with one attached hydrogen (secondary N) is 1. The molecule has 0 bridgehead atoms. The highest BCUT2D eigenvalue weighted by Crippen LogP contribution is 2.17. The Balaban J connectivity index is 2.38. The number of urea groups is 1. The summed E-state index contributed by atoms with van der Waals surface area (Å²) >= 11 is 0. The van der Waals surface area contributed by atoms with Gasteiger partial charge in [0.05, 0.1) is 6.61 Å². The van der Waals surface area contributed by atoms with Crippen LogP contribution >= 0.6 is 0 Å². The SMILES string of the molecule is CCCN(CCO)C(=O)NC1CCCCCCC1. The van der Waals surface area contributed by atoms with Crippen molar-refractivity contribution in [1.29, 1.82) is 0 Å². The number of carbonyl (C=O) groups excluding carboxylic acids is 1. The monoisotopic (exact) mass is 256 g/mol. The van der Waals surface area contributed by atoms with Gasteiger partial charge in [-0.05, 0) is 19.3 Å². The second-order valence-electron chi connectivity index (χ2n) is 5.20. The maximum absolute atomic E-state index is 12.1. The van der Waals surface area contributed by atoms with Gasteiger partial charge >= 0.3 is 6.03 Å². The maximum atomic E-state index is 12.1. The third kappa shape index (κ3) is 5.71. The molecule has 106 valence electrons. The first kappa shape index (κ1) is 15.3. The Morgan fingerprint density at radius 2 is 1.78 bits per heavy atom. The molecular weight excluding hydrogens is 228 g/mol. The molecule has 0 unspecified atom stereocenters. The summed E-state index contributed by atoms with van der Waals surface area (Å²) < 4.78 is 0. The van der Waals surface area contributed by atoms with Crippen LogP contribution in [-0.4, -0.2) is 41.8 Å². The highest BCUT2D eigenvalue weighted by molar-refractivity contribution is 5.74. The van der Waals surface area contributed by atoms with Crippen molar-refractivity contribution in [3.63, 3.8) is 0 Å². The smallest absolute Gasteiger partial charge is 0.317 e. The van der Waals surface area contributed by atoms with Gasteiger partial charge in [0.15, 0.2) is 0 Å². The number of aliphatic hydroxyl groups is 1. The quantitative estimate of drug-likeness (QED) is 0.794. The molecule has 0 aliphatic heterocycles. The maximum Gasteiger partial charge on any atom is 0.317 e. The first-order valence-corrected chi connectivity index (χ1v) is 7.44. The molecule has 0 aromatic carbocycles. The molecule has 1 aliphatic carbocycles. The van der Waals surface area contributed by atoms with Gasteiger partial charge in [0.1, 0.15) is 0 Å².